The van der Waals surface area contributed by atoms with Gasteiger partial charge < -0.3 is 0 Å². The molecule has 0 fully saturated rings. The first-order chi connectivity index (χ1) is 12.3. The normalized spacial score (nSPS) is 11.5. The second-order valence-corrected chi connectivity index (χ2v) is 8.22. The highest BCUT2D eigenvalue weighted by molar-refractivity contribution is 7.92. The molecule has 0 aliphatic carbocycles. The van der Waals surface area contributed by atoms with Crippen molar-refractivity contribution in [3.8, 4) is 11.3 Å². The molecule has 26 heavy (non-hydrogen) atoms. The lowest BCUT2D eigenvalue weighted by Crippen LogP contribution is -2.15. The van der Waals surface area contributed by atoms with Crippen molar-refractivity contribution >= 4 is 27.6 Å². The van der Waals surface area contributed by atoms with Crippen LogP contribution in [0.3, 0.4) is 0 Å². The zero-order valence-corrected chi connectivity index (χ0v) is 15.9. The molecule has 0 bridgehead atoms. The second-order valence-electron chi connectivity index (χ2n) is 6.11. The molecule has 0 atom stereocenters. The first-order valence-electron chi connectivity index (χ1n) is 8.07. The number of hydrogen-bond acceptors (Lipinski definition) is 4. The van der Waals surface area contributed by atoms with E-state index in [9.17, 15) is 8.42 Å². The van der Waals surface area contributed by atoms with Gasteiger partial charge in [0.2, 0.25) is 5.95 Å². The third-order valence-corrected chi connectivity index (χ3v) is 5.42. The van der Waals surface area contributed by atoms with Gasteiger partial charge in [0, 0.05) is 16.8 Å². The lowest BCUT2D eigenvalue weighted by Gasteiger charge is -2.09. The number of aromatic nitrogens is 2. The van der Waals surface area contributed by atoms with Crippen LogP contribution in [0.15, 0.2) is 65.7 Å². The van der Waals surface area contributed by atoms with Crippen molar-refractivity contribution in [1.82, 2.24) is 9.97 Å². The fourth-order valence-electron chi connectivity index (χ4n) is 2.42. The van der Waals surface area contributed by atoms with Crippen LogP contribution in [-0.2, 0) is 10.0 Å². The van der Waals surface area contributed by atoms with Gasteiger partial charge in [0.1, 0.15) is 0 Å². The van der Waals surface area contributed by atoms with E-state index in [4.69, 9.17) is 11.6 Å². The van der Waals surface area contributed by atoms with Crippen LogP contribution in [0.1, 0.15) is 25.3 Å². The van der Waals surface area contributed by atoms with Crippen LogP contribution in [0.5, 0.6) is 0 Å². The van der Waals surface area contributed by atoms with Crippen molar-refractivity contribution in [3.05, 3.63) is 71.4 Å². The Hall–Kier alpha value is -2.44. The van der Waals surface area contributed by atoms with Gasteiger partial charge in [-0.15, -0.1) is 0 Å². The van der Waals surface area contributed by atoms with Gasteiger partial charge in [-0.3, -0.25) is 0 Å². The molecule has 0 aliphatic rings. The Morgan fingerprint density at radius 2 is 1.77 bits per heavy atom. The van der Waals surface area contributed by atoms with Crippen LogP contribution in [0.4, 0.5) is 5.95 Å². The lowest BCUT2D eigenvalue weighted by molar-refractivity contribution is 0.601. The largest absolute Gasteiger partial charge is 0.264 e. The number of anilines is 1. The minimum atomic E-state index is -3.81. The van der Waals surface area contributed by atoms with E-state index >= 15 is 0 Å². The number of benzene rings is 2. The third-order valence-electron chi connectivity index (χ3n) is 3.86. The van der Waals surface area contributed by atoms with E-state index in [0.29, 0.717) is 16.6 Å². The van der Waals surface area contributed by atoms with Crippen LogP contribution in [0.25, 0.3) is 11.3 Å². The summed E-state index contributed by atoms with van der Waals surface area (Å²) in [5.41, 5.74) is 2.75. The number of nitrogens with zero attached hydrogens (tertiary/aromatic N) is 2. The van der Waals surface area contributed by atoms with Crippen LogP contribution in [0, 0.1) is 0 Å². The molecule has 3 rings (SSSR count). The topological polar surface area (TPSA) is 72.0 Å². The highest BCUT2D eigenvalue weighted by Crippen LogP contribution is 2.23. The van der Waals surface area contributed by atoms with Gasteiger partial charge in [0.25, 0.3) is 10.0 Å². The molecular weight excluding hydrogens is 370 g/mol. The highest BCUT2D eigenvalue weighted by atomic mass is 35.5. The summed E-state index contributed by atoms with van der Waals surface area (Å²) in [4.78, 5) is 8.38. The maximum absolute atomic E-state index is 12.5. The predicted octanol–water partition coefficient (Wildman–Crippen LogP) is 4.72. The molecule has 0 saturated heterocycles. The minimum Gasteiger partial charge on any atom is -0.247 e. The maximum Gasteiger partial charge on any atom is 0.264 e. The first-order valence-corrected chi connectivity index (χ1v) is 9.93. The van der Waals surface area contributed by atoms with Gasteiger partial charge in [-0.25, -0.2) is 23.1 Å². The van der Waals surface area contributed by atoms with Crippen LogP contribution in [0.2, 0.25) is 5.02 Å². The van der Waals surface area contributed by atoms with E-state index in [1.165, 1.54) is 23.9 Å². The van der Waals surface area contributed by atoms with Crippen molar-refractivity contribution in [2.24, 2.45) is 0 Å². The molecular formula is C19H18ClN3O2S. The molecule has 0 radical (unpaired) electrons. The molecule has 134 valence electrons. The lowest BCUT2D eigenvalue weighted by atomic mass is 10.0. The van der Waals surface area contributed by atoms with Gasteiger partial charge in [0.05, 0.1) is 10.6 Å². The summed E-state index contributed by atoms with van der Waals surface area (Å²) in [7, 11) is -3.81. The van der Waals surface area contributed by atoms with Crippen LogP contribution in [-0.4, -0.2) is 18.4 Å². The molecule has 0 saturated carbocycles. The summed E-state index contributed by atoms with van der Waals surface area (Å²) in [5.74, 6) is 0.449. The molecule has 1 aromatic heterocycles. The van der Waals surface area contributed by atoms with E-state index < -0.39 is 10.0 Å². The minimum absolute atomic E-state index is 0.00964. The highest BCUT2D eigenvalue weighted by Gasteiger charge is 2.16. The average Bonchev–Trinajstić information content (AvgIpc) is 2.62. The van der Waals surface area contributed by atoms with Gasteiger partial charge in [0.15, 0.2) is 0 Å². The number of rotatable bonds is 5. The number of halogens is 1. The molecule has 0 spiro atoms. The van der Waals surface area contributed by atoms with Crippen LogP contribution < -0.4 is 4.72 Å². The van der Waals surface area contributed by atoms with Gasteiger partial charge in [-0.05, 0) is 35.7 Å². The maximum atomic E-state index is 12.5. The van der Waals surface area contributed by atoms with Crippen molar-refractivity contribution in [2.75, 3.05) is 4.72 Å². The molecule has 0 unspecified atom stereocenters. The molecule has 0 amide bonds. The fraction of sp³-hybridized carbons (Fsp3) is 0.158. The van der Waals surface area contributed by atoms with Crippen LogP contribution >= 0.6 is 11.6 Å². The summed E-state index contributed by atoms with van der Waals surface area (Å²) >= 11 is 5.87. The molecule has 1 heterocycles. The molecule has 2 aromatic carbocycles. The Balaban J connectivity index is 1.87. The number of sulfonamides is 1. The van der Waals surface area contributed by atoms with Gasteiger partial charge >= 0.3 is 0 Å². The molecule has 3 aromatic rings. The molecule has 1 N–H and O–H groups in total. The Morgan fingerprint density at radius 3 is 2.42 bits per heavy atom. The SMILES string of the molecule is CC(C)c1ccc(-c2ccnc(NS(=O)(=O)c3cccc(Cl)c3)n2)cc1. The van der Waals surface area contributed by atoms with Crippen molar-refractivity contribution < 1.29 is 8.42 Å². The average molecular weight is 388 g/mol. The van der Waals surface area contributed by atoms with E-state index in [1.807, 2.05) is 24.3 Å². The smallest absolute Gasteiger partial charge is 0.247 e. The molecule has 0 aliphatic heterocycles. The summed E-state index contributed by atoms with van der Waals surface area (Å²) < 4.78 is 27.3. The molecule has 5 nitrogen and oxygen atoms in total. The zero-order valence-electron chi connectivity index (χ0n) is 14.3. The Bertz CT molecular complexity index is 1020. The zero-order chi connectivity index (χ0) is 18.7. The monoisotopic (exact) mass is 387 g/mol. The summed E-state index contributed by atoms with van der Waals surface area (Å²) in [6, 6.07) is 15.8. The molecule has 7 heteroatoms. The van der Waals surface area contributed by atoms with E-state index in [0.717, 1.165) is 5.56 Å². The van der Waals surface area contributed by atoms with Gasteiger partial charge in [-0.2, -0.15) is 0 Å². The summed E-state index contributed by atoms with van der Waals surface area (Å²) in [6.07, 6.45) is 1.52. The summed E-state index contributed by atoms with van der Waals surface area (Å²) in [5, 5.41) is 0.341. The second kappa shape index (κ2) is 7.43. The van der Waals surface area contributed by atoms with E-state index in [2.05, 4.69) is 28.5 Å². The van der Waals surface area contributed by atoms with E-state index in [1.54, 1.807) is 18.2 Å². The standard InChI is InChI=1S/C19H18ClN3O2S/c1-13(2)14-6-8-15(9-7-14)18-10-11-21-19(22-18)23-26(24,25)17-5-3-4-16(20)12-17/h3-13H,1-2H3,(H,21,22,23). The predicted molar refractivity (Wildman–Crippen MR) is 104 cm³/mol. The van der Waals surface area contributed by atoms with E-state index in [-0.39, 0.29) is 10.8 Å². The number of nitrogens with one attached hydrogen (secondary N) is 1. The Morgan fingerprint density at radius 1 is 1.04 bits per heavy atom. The van der Waals surface area contributed by atoms with Crippen molar-refractivity contribution in [3.63, 3.8) is 0 Å². The van der Waals surface area contributed by atoms with Crippen molar-refractivity contribution in [1.29, 1.82) is 0 Å². The first kappa shape index (κ1) is 18.4. The third kappa shape index (κ3) is 4.20. The van der Waals surface area contributed by atoms with Gasteiger partial charge in [-0.1, -0.05) is 55.8 Å². The number of hydrogen-bond donors (Lipinski definition) is 1. The van der Waals surface area contributed by atoms with Crippen molar-refractivity contribution in [2.45, 2.75) is 24.7 Å². The fourth-order valence-corrected chi connectivity index (χ4v) is 3.67. The Labute approximate surface area is 158 Å². The quantitative estimate of drug-likeness (QED) is 0.687. The Kier molecular flexibility index (Phi) is 5.25. The summed E-state index contributed by atoms with van der Waals surface area (Å²) in [6.45, 7) is 4.25.